The molecular weight excluding hydrogens is 639 g/mol. The van der Waals surface area contributed by atoms with Gasteiger partial charge in [0.2, 0.25) is 5.91 Å². The van der Waals surface area contributed by atoms with Crippen molar-refractivity contribution in [1.82, 2.24) is 5.32 Å². The molecule has 3 N–H and O–H groups in total. The van der Waals surface area contributed by atoms with E-state index in [1.54, 1.807) is 6.08 Å². The summed E-state index contributed by atoms with van der Waals surface area (Å²) in [5.41, 5.74) is 0. The van der Waals surface area contributed by atoms with E-state index in [4.69, 9.17) is 0 Å². The summed E-state index contributed by atoms with van der Waals surface area (Å²) in [7, 11) is 0. The second kappa shape index (κ2) is 43.0. The quantitative estimate of drug-likeness (QED) is 0.0439. The Balaban J connectivity index is 3.71. The standard InChI is InChI=1S/C48H83NO3/c1-3-5-7-9-11-13-15-17-19-20-21-22-23-24-25-26-27-28-30-31-33-35-37-39-41-43-47(51)46(45-50)49-48(52)44-42-40-38-36-34-32-29-18-16-14-12-10-8-6-4-2/h6,8,12,14,18,27-29,33-36,41,43,46-47,50-51H,3-5,7,9-11,13,15-17,19-26,30-32,37-40,42,44-45H2,1-2H3,(H,49,52)/b8-6-,14-12-,28-27+,29-18-,35-33+,36-34-,43-41+. The van der Waals surface area contributed by atoms with Crippen molar-refractivity contribution in [3.63, 3.8) is 0 Å². The normalized spacial score (nSPS) is 13.8. The minimum absolute atomic E-state index is 0.122. The van der Waals surface area contributed by atoms with Crippen molar-refractivity contribution in [2.75, 3.05) is 6.61 Å². The Kier molecular flexibility index (Phi) is 41.0. The van der Waals surface area contributed by atoms with Crippen molar-refractivity contribution in [3.05, 3.63) is 85.1 Å². The lowest BCUT2D eigenvalue weighted by molar-refractivity contribution is -0.123. The van der Waals surface area contributed by atoms with Crippen molar-refractivity contribution < 1.29 is 15.0 Å². The van der Waals surface area contributed by atoms with Crippen molar-refractivity contribution >= 4 is 5.91 Å². The van der Waals surface area contributed by atoms with Gasteiger partial charge in [0.15, 0.2) is 0 Å². The molecule has 298 valence electrons. The molecule has 52 heavy (non-hydrogen) atoms. The summed E-state index contributed by atoms with van der Waals surface area (Å²) in [6, 6.07) is -0.671. The third-order valence-corrected chi connectivity index (χ3v) is 9.34. The minimum atomic E-state index is -0.892. The van der Waals surface area contributed by atoms with Gasteiger partial charge in [-0.2, -0.15) is 0 Å². The van der Waals surface area contributed by atoms with Gasteiger partial charge in [-0.25, -0.2) is 0 Å². The third kappa shape index (κ3) is 38.8. The largest absolute Gasteiger partial charge is 0.394 e. The summed E-state index contributed by atoms with van der Waals surface area (Å²) in [5.74, 6) is -0.122. The fourth-order valence-electron chi connectivity index (χ4n) is 6.02. The van der Waals surface area contributed by atoms with Gasteiger partial charge in [0.1, 0.15) is 0 Å². The molecule has 2 atom stereocenters. The van der Waals surface area contributed by atoms with Crippen molar-refractivity contribution in [2.24, 2.45) is 0 Å². The molecule has 0 aliphatic rings. The highest BCUT2D eigenvalue weighted by Crippen LogP contribution is 2.14. The number of aliphatic hydroxyl groups excluding tert-OH is 2. The predicted octanol–water partition coefficient (Wildman–Crippen LogP) is 13.7. The van der Waals surface area contributed by atoms with Crippen molar-refractivity contribution in [2.45, 2.75) is 206 Å². The van der Waals surface area contributed by atoms with Crippen LogP contribution >= 0.6 is 0 Å². The van der Waals surface area contributed by atoms with Crippen LogP contribution in [0.1, 0.15) is 194 Å². The van der Waals surface area contributed by atoms with Gasteiger partial charge in [0.05, 0.1) is 18.8 Å². The van der Waals surface area contributed by atoms with Gasteiger partial charge < -0.3 is 15.5 Å². The first-order chi connectivity index (χ1) is 25.7. The van der Waals surface area contributed by atoms with Gasteiger partial charge in [0.25, 0.3) is 0 Å². The van der Waals surface area contributed by atoms with Crippen LogP contribution < -0.4 is 5.32 Å². The second-order valence-corrected chi connectivity index (χ2v) is 14.4. The van der Waals surface area contributed by atoms with Gasteiger partial charge in [0, 0.05) is 6.42 Å². The van der Waals surface area contributed by atoms with Crippen LogP contribution in [0.5, 0.6) is 0 Å². The average Bonchev–Trinajstić information content (AvgIpc) is 3.15. The van der Waals surface area contributed by atoms with Crippen LogP contribution in [0.2, 0.25) is 0 Å². The Bertz CT molecular complexity index is 957. The number of hydrogen-bond acceptors (Lipinski definition) is 3. The van der Waals surface area contributed by atoms with Gasteiger partial charge in [-0.1, -0.05) is 189 Å². The summed E-state index contributed by atoms with van der Waals surface area (Å²) >= 11 is 0. The Morgan fingerprint density at radius 2 is 0.865 bits per heavy atom. The molecule has 0 saturated heterocycles. The number of rotatable bonds is 38. The number of hydrogen-bond donors (Lipinski definition) is 3. The molecule has 0 aromatic rings. The van der Waals surface area contributed by atoms with E-state index in [0.717, 1.165) is 70.6 Å². The van der Waals surface area contributed by atoms with E-state index in [1.807, 2.05) is 6.08 Å². The van der Waals surface area contributed by atoms with E-state index in [1.165, 1.54) is 103 Å². The van der Waals surface area contributed by atoms with Gasteiger partial charge in [-0.15, -0.1) is 0 Å². The minimum Gasteiger partial charge on any atom is -0.394 e. The summed E-state index contributed by atoms with van der Waals surface area (Å²) in [6.07, 6.45) is 62.7. The van der Waals surface area contributed by atoms with E-state index < -0.39 is 12.1 Å². The van der Waals surface area contributed by atoms with Gasteiger partial charge >= 0.3 is 0 Å². The van der Waals surface area contributed by atoms with Crippen molar-refractivity contribution in [1.29, 1.82) is 0 Å². The SMILES string of the molecule is CC/C=C\C/C=C\C/C=C\C/C=C\CCCCC(=O)NC(CO)C(O)/C=C/CC/C=C/CC/C=C/CCCCCCCCCCCCCCCCC. The van der Waals surface area contributed by atoms with E-state index in [-0.39, 0.29) is 12.5 Å². The summed E-state index contributed by atoms with van der Waals surface area (Å²) in [6.45, 7) is 4.15. The maximum Gasteiger partial charge on any atom is 0.220 e. The molecule has 0 aromatic carbocycles. The van der Waals surface area contributed by atoms with E-state index in [2.05, 4.69) is 92.1 Å². The number of aliphatic hydroxyl groups is 2. The van der Waals surface area contributed by atoms with Crippen LogP contribution in [0, 0.1) is 0 Å². The molecule has 4 nitrogen and oxygen atoms in total. The Hall–Kier alpha value is -2.43. The van der Waals surface area contributed by atoms with Crippen LogP contribution in [0.4, 0.5) is 0 Å². The third-order valence-electron chi connectivity index (χ3n) is 9.34. The molecule has 0 fully saturated rings. The van der Waals surface area contributed by atoms with Crippen molar-refractivity contribution in [3.8, 4) is 0 Å². The Morgan fingerprint density at radius 1 is 0.481 bits per heavy atom. The topological polar surface area (TPSA) is 69.6 Å². The van der Waals surface area contributed by atoms with Gasteiger partial charge in [-0.3, -0.25) is 4.79 Å². The van der Waals surface area contributed by atoms with Gasteiger partial charge in [-0.05, 0) is 83.5 Å². The molecule has 0 aromatic heterocycles. The Labute approximate surface area is 322 Å². The second-order valence-electron chi connectivity index (χ2n) is 14.4. The molecule has 0 bridgehead atoms. The molecule has 0 radical (unpaired) electrons. The number of carbonyl (C=O) groups excluding carboxylic acids is 1. The highest BCUT2D eigenvalue weighted by Gasteiger charge is 2.17. The van der Waals surface area contributed by atoms with Crippen LogP contribution in [-0.4, -0.2) is 34.9 Å². The first-order valence-electron chi connectivity index (χ1n) is 21.8. The molecule has 0 heterocycles. The maximum atomic E-state index is 12.3. The lowest BCUT2D eigenvalue weighted by Gasteiger charge is -2.19. The lowest BCUT2D eigenvalue weighted by Crippen LogP contribution is -2.45. The fourth-order valence-corrected chi connectivity index (χ4v) is 6.02. The molecule has 0 rings (SSSR count). The number of carbonyl (C=O) groups is 1. The van der Waals surface area contributed by atoms with Crippen LogP contribution in [0.3, 0.4) is 0 Å². The van der Waals surface area contributed by atoms with Crippen LogP contribution in [0.15, 0.2) is 85.1 Å². The predicted molar refractivity (Wildman–Crippen MR) is 230 cm³/mol. The lowest BCUT2D eigenvalue weighted by atomic mass is 10.0. The van der Waals surface area contributed by atoms with Crippen LogP contribution in [-0.2, 0) is 4.79 Å². The first kappa shape index (κ1) is 49.6. The van der Waals surface area contributed by atoms with E-state index in [0.29, 0.717) is 6.42 Å². The number of unbranched alkanes of at least 4 members (excludes halogenated alkanes) is 19. The van der Waals surface area contributed by atoms with E-state index in [9.17, 15) is 15.0 Å². The first-order valence-corrected chi connectivity index (χ1v) is 21.8. The highest BCUT2D eigenvalue weighted by atomic mass is 16.3. The number of amides is 1. The molecule has 4 heteroatoms. The molecular formula is C48H83NO3. The molecule has 0 aliphatic heterocycles. The molecule has 0 saturated carbocycles. The highest BCUT2D eigenvalue weighted by molar-refractivity contribution is 5.76. The zero-order chi connectivity index (χ0) is 37.8. The summed E-state index contributed by atoms with van der Waals surface area (Å²) in [4.78, 5) is 12.3. The fraction of sp³-hybridized carbons (Fsp3) is 0.688. The maximum absolute atomic E-state index is 12.3. The monoisotopic (exact) mass is 722 g/mol. The summed E-state index contributed by atoms with van der Waals surface area (Å²) < 4.78 is 0. The Morgan fingerprint density at radius 3 is 1.35 bits per heavy atom. The zero-order valence-corrected chi connectivity index (χ0v) is 34.0. The number of nitrogens with one attached hydrogen (secondary N) is 1. The zero-order valence-electron chi connectivity index (χ0n) is 34.0. The number of allylic oxidation sites excluding steroid dienone is 13. The molecule has 0 spiro atoms. The molecule has 1 amide bonds. The average molecular weight is 722 g/mol. The smallest absolute Gasteiger partial charge is 0.220 e. The van der Waals surface area contributed by atoms with Crippen LogP contribution in [0.25, 0.3) is 0 Å². The molecule has 0 aliphatic carbocycles. The molecule has 2 unspecified atom stereocenters. The summed E-state index contributed by atoms with van der Waals surface area (Å²) in [5, 5.41) is 22.9. The van der Waals surface area contributed by atoms with E-state index >= 15 is 0 Å².